The molecule has 0 unspecified atom stereocenters. The lowest BCUT2D eigenvalue weighted by atomic mass is 10.1. The Morgan fingerprint density at radius 2 is 1.85 bits per heavy atom. The molecule has 0 aliphatic carbocycles. The summed E-state index contributed by atoms with van der Waals surface area (Å²) < 4.78 is 29.0. The monoisotopic (exact) mass is 391 g/mol. The fourth-order valence-corrected chi connectivity index (χ4v) is 4.40. The Labute approximate surface area is 160 Å². The predicted octanol–water partition coefficient (Wildman–Crippen LogP) is 1.89. The second-order valence-electron chi connectivity index (χ2n) is 6.85. The van der Waals surface area contributed by atoms with Crippen LogP contribution in [0.2, 0.25) is 0 Å². The van der Waals surface area contributed by atoms with E-state index < -0.39 is 10.2 Å². The average molecular weight is 391 g/mol. The van der Waals surface area contributed by atoms with E-state index >= 15 is 0 Å². The van der Waals surface area contributed by atoms with E-state index in [4.69, 9.17) is 0 Å². The lowest BCUT2D eigenvalue weighted by Crippen LogP contribution is -2.44. The number of rotatable bonds is 5. The number of piperidine rings is 1. The van der Waals surface area contributed by atoms with Gasteiger partial charge in [0.1, 0.15) is 5.82 Å². The molecule has 0 saturated carbocycles. The summed E-state index contributed by atoms with van der Waals surface area (Å²) in [4.78, 5) is 12.6. The van der Waals surface area contributed by atoms with Gasteiger partial charge in [-0.1, -0.05) is 18.2 Å². The molecule has 3 rings (SSSR count). The number of amides is 1. The third-order valence-electron chi connectivity index (χ3n) is 4.86. The van der Waals surface area contributed by atoms with E-state index in [1.54, 1.807) is 23.0 Å². The van der Waals surface area contributed by atoms with Crippen LogP contribution in [-0.4, -0.2) is 59.9 Å². The van der Waals surface area contributed by atoms with Crippen LogP contribution in [-0.2, 0) is 10.2 Å². The fourth-order valence-electron chi connectivity index (χ4n) is 3.26. The lowest BCUT2D eigenvalue weighted by molar-refractivity contribution is 0.102. The van der Waals surface area contributed by atoms with Gasteiger partial charge in [-0.3, -0.25) is 4.79 Å². The molecule has 0 spiro atoms. The minimum absolute atomic E-state index is 0.0424. The number of nitrogens with one attached hydrogen (secondary N) is 1. The molecular weight excluding hydrogens is 366 g/mol. The Bertz CT molecular complexity index is 915. The highest BCUT2D eigenvalue weighted by atomic mass is 32.2. The van der Waals surface area contributed by atoms with Crippen LogP contribution in [0.1, 0.15) is 34.8 Å². The van der Waals surface area contributed by atoms with Crippen LogP contribution in [0, 0.1) is 6.92 Å². The Morgan fingerprint density at radius 3 is 2.48 bits per heavy atom. The molecule has 0 radical (unpaired) electrons. The summed E-state index contributed by atoms with van der Waals surface area (Å²) in [6, 6.07) is 9.22. The molecule has 8 nitrogen and oxygen atoms in total. The molecule has 1 saturated heterocycles. The van der Waals surface area contributed by atoms with Gasteiger partial charge in [0.05, 0.1) is 12.2 Å². The summed E-state index contributed by atoms with van der Waals surface area (Å²) in [6.07, 6.45) is 2.93. The van der Waals surface area contributed by atoms with Crippen molar-refractivity contribution in [3.8, 4) is 0 Å². The highest BCUT2D eigenvalue weighted by Gasteiger charge is 2.31. The van der Waals surface area contributed by atoms with E-state index in [1.807, 2.05) is 25.1 Å². The highest BCUT2D eigenvalue weighted by molar-refractivity contribution is 7.86. The van der Waals surface area contributed by atoms with Crippen molar-refractivity contribution >= 4 is 21.9 Å². The first-order valence-electron chi connectivity index (χ1n) is 8.89. The van der Waals surface area contributed by atoms with Gasteiger partial charge in [-0.05, 0) is 31.4 Å². The summed E-state index contributed by atoms with van der Waals surface area (Å²) in [5.74, 6) is 0.444. The topological polar surface area (TPSA) is 87.5 Å². The van der Waals surface area contributed by atoms with Gasteiger partial charge >= 0.3 is 0 Å². The smallest absolute Gasteiger partial charge is 0.281 e. The maximum atomic E-state index is 12.6. The van der Waals surface area contributed by atoms with E-state index in [2.05, 4.69) is 10.4 Å². The maximum Gasteiger partial charge on any atom is 0.281 e. The molecule has 0 atom stereocenters. The van der Waals surface area contributed by atoms with Gasteiger partial charge in [0.25, 0.3) is 16.1 Å². The SMILES string of the molecule is Cc1ccccc1C(=O)Nc1ccnn1C1CCN(S(=O)(=O)N(C)C)CC1. The van der Waals surface area contributed by atoms with Crippen LogP contribution in [0.15, 0.2) is 36.5 Å². The molecule has 9 heteroatoms. The second-order valence-corrected chi connectivity index (χ2v) is 8.99. The maximum absolute atomic E-state index is 12.6. The zero-order valence-corrected chi connectivity index (χ0v) is 16.6. The number of carbonyl (C=O) groups is 1. The van der Waals surface area contributed by atoms with Crippen molar-refractivity contribution in [1.82, 2.24) is 18.4 Å². The van der Waals surface area contributed by atoms with Gasteiger partial charge in [0.2, 0.25) is 0 Å². The van der Waals surface area contributed by atoms with Crippen molar-refractivity contribution in [3.63, 3.8) is 0 Å². The number of hydrogen-bond acceptors (Lipinski definition) is 4. The average Bonchev–Trinajstić information content (AvgIpc) is 3.10. The van der Waals surface area contributed by atoms with E-state index in [9.17, 15) is 13.2 Å². The summed E-state index contributed by atoms with van der Waals surface area (Å²) in [5.41, 5.74) is 1.53. The third kappa shape index (κ3) is 4.05. The summed E-state index contributed by atoms with van der Waals surface area (Å²) in [5, 5.41) is 7.28. The molecule has 1 aromatic heterocycles. The lowest BCUT2D eigenvalue weighted by Gasteiger charge is -2.33. The second kappa shape index (κ2) is 7.79. The Balaban J connectivity index is 1.70. The minimum atomic E-state index is -3.39. The molecule has 1 N–H and O–H groups in total. The molecule has 2 heterocycles. The normalized spacial score (nSPS) is 16.6. The van der Waals surface area contributed by atoms with Crippen molar-refractivity contribution in [1.29, 1.82) is 0 Å². The van der Waals surface area contributed by atoms with Crippen LogP contribution in [0.4, 0.5) is 5.82 Å². The van der Waals surface area contributed by atoms with Crippen molar-refractivity contribution < 1.29 is 13.2 Å². The number of aryl methyl sites for hydroxylation is 1. The van der Waals surface area contributed by atoms with Crippen molar-refractivity contribution in [2.75, 3.05) is 32.5 Å². The number of aromatic nitrogens is 2. The highest BCUT2D eigenvalue weighted by Crippen LogP contribution is 2.27. The van der Waals surface area contributed by atoms with Crippen LogP contribution >= 0.6 is 0 Å². The molecule has 2 aromatic rings. The molecular formula is C18H25N5O3S. The molecule has 1 aliphatic rings. The van der Waals surface area contributed by atoms with Crippen LogP contribution in [0.3, 0.4) is 0 Å². The van der Waals surface area contributed by atoms with E-state index in [0.717, 1.165) is 5.56 Å². The number of anilines is 1. The van der Waals surface area contributed by atoms with Crippen LogP contribution in [0.25, 0.3) is 0 Å². The van der Waals surface area contributed by atoms with E-state index in [0.29, 0.717) is 37.3 Å². The predicted molar refractivity (Wildman–Crippen MR) is 104 cm³/mol. The number of nitrogens with zero attached hydrogens (tertiary/aromatic N) is 4. The first kappa shape index (κ1) is 19.5. The molecule has 1 amide bonds. The molecule has 146 valence electrons. The first-order valence-corrected chi connectivity index (χ1v) is 10.3. The zero-order valence-electron chi connectivity index (χ0n) is 15.8. The van der Waals surface area contributed by atoms with Crippen molar-refractivity contribution in [2.24, 2.45) is 0 Å². The molecule has 1 aliphatic heterocycles. The summed E-state index contributed by atoms with van der Waals surface area (Å²) >= 11 is 0. The van der Waals surface area contributed by atoms with Crippen molar-refractivity contribution in [3.05, 3.63) is 47.7 Å². The van der Waals surface area contributed by atoms with Gasteiger partial charge < -0.3 is 5.32 Å². The number of hydrogen-bond donors (Lipinski definition) is 1. The van der Waals surface area contributed by atoms with Gasteiger partial charge in [-0.15, -0.1) is 0 Å². The summed E-state index contributed by atoms with van der Waals surface area (Å²) in [7, 11) is -0.323. The number of benzene rings is 1. The van der Waals surface area contributed by atoms with E-state index in [1.165, 1.54) is 22.7 Å². The van der Waals surface area contributed by atoms with Crippen LogP contribution < -0.4 is 5.32 Å². The van der Waals surface area contributed by atoms with Gasteiger partial charge in [-0.2, -0.15) is 22.1 Å². The molecule has 1 aromatic carbocycles. The first-order chi connectivity index (χ1) is 12.8. The largest absolute Gasteiger partial charge is 0.307 e. The number of carbonyl (C=O) groups excluding carboxylic acids is 1. The molecule has 1 fully saturated rings. The quantitative estimate of drug-likeness (QED) is 0.843. The minimum Gasteiger partial charge on any atom is -0.307 e. The molecule has 0 bridgehead atoms. The Kier molecular flexibility index (Phi) is 5.64. The van der Waals surface area contributed by atoms with E-state index in [-0.39, 0.29) is 11.9 Å². The molecule has 27 heavy (non-hydrogen) atoms. The van der Waals surface area contributed by atoms with Gasteiger partial charge in [-0.25, -0.2) is 4.68 Å². The Morgan fingerprint density at radius 1 is 1.19 bits per heavy atom. The van der Waals surface area contributed by atoms with Gasteiger partial charge in [0, 0.05) is 38.8 Å². The standard InChI is InChI=1S/C18H25N5O3S/c1-14-6-4-5-7-16(14)18(24)20-17-8-11-19-23(17)15-9-12-22(13-10-15)27(25,26)21(2)3/h4-8,11,15H,9-10,12-13H2,1-3H3,(H,20,24). The van der Waals surface area contributed by atoms with Gasteiger partial charge in [0.15, 0.2) is 0 Å². The fraction of sp³-hybridized carbons (Fsp3) is 0.444. The summed E-state index contributed by atoms with van der Waals surface area (Å²) in [6.45, 7) is 2.75. The third-order valence-corrected chi connectivity index (χ3v) is 6.80. The zero-order chi connectivity index (χ0) is 19.6. The van der Waals surface area contributed by atoms with Crippen molar-refractivity contribution in [2.45, 2.75) is 25.8 Å². The Hall–Kier alpha value is -2.23. The van der Waals surface area contributed by atoms with Crippen LogP contribution in [0.5, 0.6) is 0 Å².